The average Bonchev–Trinajstić information content (AvgIpc) is 3.45. The number of rotatable bonds is 8. The van der Waals surface area contributed by atoms with E-state index in [9.17, 15) is 0 Å². The fourth-order valence-electron chi connectivity index (χ4n) is 3.63. The summed E-state index contributed by atoms with van der Waals surface area (Å²) >= 11 is 0. The second-order valence-electron chi connectivity index (χ2n) is 7.90. The van der Waals surface area contributed by atoms with Crippen LogP contribution in [0.3, 0.4) is 0 Å². The van der Waals surface area contributed by atoms with Crippen LogP contribution in [-0.2, 0) is 6.61 Å². The van der Waals surface area contributed by atoms with Crippen molar-refractivity contribution in [3.05, 3.63) is 60.2 Å². The number of piperidine rings is 1. The Hall–Kier alpha value is -2.04. The van der Waals surface area contributed by atoms with Crippen LogP contribution >= 0.6 is 0 Å². The third-order valence-corrected chi connectivity index (χ3v) is 5.60. The number of hydrogen-bond donors (Lipinski definition) is 1. The molecule has 2 aromatic rings. The summed E-state index contributed by atoms with van der Waals surface area (Å²) in [4.78, 5) is 2.42. The van der Waals surface area contributed by atoms with Crippen molar-refractivity contribution in [2.45, 2.75) is 38.0 Å². The molecule has 1 aliphatic heterocycles. The molecule has 144 valence electrons. The van der Waals surface area contributed by atoms with Gasteiger partial charge in [0.25, 0.3) is 0 Å². The first kappa shape index (κ1) is 18.3. The molecule has 0 bridgehead atoms. The molecule has 2 aromatic carbocycles. The van der Waals surface area contributed by atoms with Crippen LogP contribution in [0, 0.1) is 5.92 Å². The molecule has 2 aliphatic rings. The van der Waals surface area contributed by atoms with Gasteiger partial charge in [0.2, 0.25) is 0 Å². The predicted molar refractivity (Wildman–Crippen MR) is 108 cm³/mol. The van der Waals surface area contributed by atoms with Gasteiger partial charge in [-0.05, 0) is 75.3 Å². The Morgan fingerprint density at radius 1 is 0.963 bits per heavy atom. The van der Waals surface area contributed by atoms with E-state index in [4.69, 9.17) is 9.47 Å². The molecule has 2 unspecified atom stereocenters. The monoisotopic (exact) mass is 366 g/mol. The smallest absolute Gasteiger partial charge is 0.120 e. The summed E-state index contributed by atoms with van der Waals surface area (Å²) in [6.07, 6.45) is 4.05. The van der Waals surface area contributed by atoms with Gasteiger partial charge in [-0.2, -0.15) is 0 Å². The molecule has 0 spiro atoms. The van der Waals surface area contributed by atoms with E-state index in [-0.39, 0.29) is 0 Å². The van der Waals surface area contributed by atoms with Crippen LogP contribution in [0.5, 0.6) is 11.5 Å². The van der Waals surface area contributed by atoms with Gasteiger partial charge in [-0.15, -0.1) is 0 Å². The Morgan fingerprint density at radius 2 is 1.67 bits per heavy atom. The van der Waals surface area contributed by atoms with E-state index in [2.05, 4.69) is 29.4 Å². The molecule has 4 heteroatoms. The van der Waals surface area contributed by atoms with Crippen molar-refractivity contribution in [2.75, 3.05) is 26.7 Å². The first-order valence-corrected chi connectivity index (χ1v) is 10.1. The fourth-order valence-corrected chi connectivity index (χ4v) is 3.63. The quantitative estimate of drug-likeness (QED) is 0.772. The number of likely N-dealkylation sites (tertiary alicyclic amines) is 1. The lowest BCUT2D eigenvalue weighted by atomic mass is 9.97. The molecule has 4 nitrogen and oxygen atoms in total. The number of nitrogens with one attached hydrogen (secondary N) is 1. The summed E-state index contributed by atoms with van der Waals surface area (Å²) in [5, 5.41) is 3.69. The van der Waals surface area contributed by atoms with Crippen molar-refractivity contribution in [3.63, 3.8) is 0 Å². The van der Waals surface area contributed by atoms with Crippen LogP contribution < -0.4 is 14.8 Å². The first-order valence-electron chi connectivity index (χ1n) is 10.1. The van der Waals surface area contributed by atoms with Crippen LogP contribution in [0.4, 0.5) is 0 Å². The maximum absolute atomic E-state index is 6.09. The summed E-state index contributed by atoms with van der Waals surface area (Å²) in [6.45, 7) is 4.18. The molecular formula is C23H30N2O2. The molecule has 1 heterocycles. The minimum absolute atomic E-state index is 0.312. The van der Waals surface area contributed by atoms with Crippen LogP contribution in [0.1, 0.15) is 24.8 Å². The highest BCUT2D eigenvalue weighted by Gasteiger charge is 2.39. The van der Waals surface area contributed by atoms with Gasteiger partial charge < -0.3 is 19.7 Å². The summed E-state index contributed by atoms with van der Waals surface area (Å²) in [7, 11) is 2.21. The van der Waals surface area contributed by atoms with E-state index >= 15 is 0 Å². The number of nitrogens with zero attached hydrogens (tertiary/aromatic N) is 1. The van der Waals surface area contributed by atoms with Gasteiger partial charge in [-0.3, -0.25) is 0 Å². The van der Waals surface area contributed by atoms with E-state index in [0.717, 1.165) is 30.4 Å². The van der Waals surface area contributed by atoms with Crippen molar-refractivity contribution >= 4 is 0 Å². The van der Waals surface area contributed by atoms with Crippen LogP contribution in [0.15, 0.2) is 54.6 Å². The molecule has 0 radical (unpaired) electrons. The molecule has 4 rings (SSSR count). The lowest BCUT2D eigenvalue weighted by Gasteiger charge is -2.29. The maximum atomic E-state index is 6.09. The molecule has 2 atom stereocenters. The van der Waals surface area contributed by atoms with Crippen LogP contribution in [0.2, 0.25) is 0 Å². The minimum atomic E-state index is 0.312. The number of benzene rings is 2. The van der Waals surface area contributed by atoms with Gasteiger partial charge in [-0.1, -0.05) is 30.3 Å². The second kappa shape index (κ2) is 8.77. The third-order valence-electron chi connectivity index (χ3n) is 5.60. The zero-order chi connectivity index (χ0) is 18.5. The van der Waals surface area contributed by atoms with Crippen molar-refractivity contribution in [1.82, 2.24) is 10.2 Å². The molecule has 1 N–H and O–H groups in total. The average molecular weight is 367 g/mol. The van der Waals surface area contributed by atoms with Crippen LogP contribution in [0.25, 0.3) is 0 Å². The van der Waals surface area contributed by atoms with Crippen molar-refractivity contribution in [1.29, 1.82) is 0 Å². The Labute approximate surface area is 162 Å². The van der Waals surface area contributed by atoms with E-state index in [0.29, 0.717) is 18.8 Å². The zero-order valence-electron chi connectivity index (χ0n) is 16.1. The van der Waals surface area contributed by atoms with Gasteiger partial charge in [0, 0.05) is 12.5 Å². The lowest BCUT2D eigenvalue weighted by molar-refractivity contribution is 0.212. The molecular weight excluding hydrogens is 336 g/mol. The SMILES string of the molecule is CN1CCC(CNC2CC2Oc2ccc(OCc3ccccc3)cc2)CC1. The van der Waals surface area contributed by atoms with Gasteiger partial charge >= 0.3 is 0 Å². The van der Waals surface area contributed by atoms with Crippen LogP contribution in [-0.4, -0.2) is 43.7 Å². The van der Waals surface area contributed by atoms with Crippen molar-refractivity contribution in [3.8, 4) is 11.5 Å². The van der Waals surface area contributed by atoms with Gasteiger partial charge in [0.15, 0.2) is 0 Å². The summed E-state index contributed by atoms with van der Waals surface area (Å²) in [5.41, 5.74) is 1.18. The largest absolute Gasteiger partial charge is 0.489 e. The van der Waals surface area contributed by atoms with E-state index in [1.54, 1.807) is 0 Å². The van der Waals surface area contributed by atoms with E-state index < -0.39 is 0 Å². The van der Waals surface area contributed by atoms with Crippen molar-refractivity contribution < 1.29 is 9.47 Å². The zero-order valence-corrected chi connectivity index (χ0v) is 16.1. The summed E-state index contributed by atoms with van der Waals surface area (Å²) in [6, 6.07) is 18.7. The predicted octanol–water partition coefficient (Wildman–Crippen LogP) is 3.72. The number of ether oxygens (including phenoxy) is 2. The van der Waals surface area contributed by atoms with Gasteiger partial charge in [0.05, 0.1) is 0 Å². The summed E-state index contributed by atoms with van der Waals surface area (Å²) in [5.74, 6) is 2.62. The van der Waals surface area contributed by atoms with Gasteiger partial charge in [0.1, 0.15) is 24.2 Å². The first-order chi connectivity index (χ1) is 13.3. The molecule has 0 amide bonds. The maximum Gasteiger partial charge on any atom is 0.120 e. The van der Waals surface area contributed by atoms with Gasteiger partial charge in [-0.25, -0.2) is 0 Å². The highest BCUT2D eigenvalue weighted by molar-refractivity contribution is 5.32. The third kappa shape index (κ3) is 5.47. The Kier molecular flexibility index (Phi) is 5.95. The van der Waals surface area contributed by atoms with Crippen molar-refractivity contribution in [2.24, 2.45) is 5.92 Å². The summed E-state index contributed by atoms with van der Waals surface area (Å²) < 4.78 is 11.9. The minimum Gasteiger partial charge on any atom is -0.489 e. The Bertz CT molecular complexity index is 696. The molecule has 1 saturated heterocycles. The molecule has 2 fully saturated rings. The highest BCUT2D eigenvalue weighted by Crippen LogP contribution is 2.29. The standard InChI is InChI=1S/C23H30N2O2/c1-25-13-11-18(12-14-25)16-24-22-15-23(22)27-21-9-7-20(8-10-21)26-17-19-5-3-2-4-6-19/h2-10,18,22-24H,11-17H2,1H3. The molecule has 1 saturated carbocycles. The molecule has 1 aliphatic carbocycles. The topological polar surface area (TPSA) is 33.7 Å². The molecule has 0 aromatic heterocycles. The second-order valence-corrected chi connectivity index (χ2v) is 7.90. The Balaban J connectivity index is 1.16. The number of hydrogen-bond acceptors (Lipinski definition) is 4. The molecule has 27 heavy (non-hydrogen) atoms. The normalized spacial score (nSPS) is 23.1. The lowest BCUT2D eigenvalue weighted by Crippen LogP contribution is -2.36. The Morgan fingerprint density at radius 3 is 2.41 bits per heavy atom. The van der Waals surface area contributed by atoms with E-state index in [1.165, 1.54) is 31.5 Å². The fraction of sp³-hybridized carbons (Fsp3) is 0.478. The highest BCUT2D eigenvalue weighted by atomic mass is 16.5. The van der Waals surface area contributed by atoms with E-state index in [1.807, 2.05) is 42.5 Å².